The van der Waals surface area contributed by atoms with Crippen LogP contribution in [0.25, 0.3) is 0 Å². The highest BCUT2D eigenvalue weighted by atomic mass is 19.1. The predicted octanol–water partition coefficient (Wildman–Crippen LogP) is 2.94. The molecule has 2 amide bonds. The smallest absolute Gasteiger partial charge is 0.270 e. The zero-order chi connectivity index (χ0) is 19.2. The van der Waals surface area contributed by atoms with Crippen LogP contribution in [0.5, 0.6) is 0 Å². The highest BCUT2D eigenvalue weighted by molar-refractivity contribution is 6.05. The molecule has 0 radical (unpaired) electrons. The van der Waals surface area contributed by atoms with Gasteiger partial charge in [0.15, 0.2) is 0 Å². The van der Waals surface area contributed by atoms with E-state index >= 15 is 0 Å². The second-order valence-corrected chi connectivity index (χ2v) is 5.55. The third-order valence-electron chi connectivity index (χ3n) is 3.64. The highest BCUT2D eigenvalue weighted by Gasteiger charge is 2.14. The lowest BCUT2D eigenvalue weighted by molar-refractivity contribution is 0.0946. The van der Waals surface area contributed by atoms with E-state index in [1.54, 1.807) is 24.5 Å². The molecule has 0 aliphatic rings. The number of benzene rings is 1. The van der Waals surface area contributed by atoms with Crippen molar-refractivity contribution in [3.8, 4) is 0 Å². The molecule has 0 aliphatic carbocycles. The van der Waals surface area contributed by atoms with Crippen LogP contribution in [0.2, 0.25) is 0 Å². The van der Waals surface area contributed by atoms with Crippen molar-refractivity contribution in [2.75, 3.05) is 5.32 Å². The van der Waals surface area contributed by atoms with Crippen molar-refractivity contribution in [1.29, 1.82) is 0 Å². The van der Waals surface area contributed by atoms with Crippen LogP contribution in [0.3, 0.4) is 0 Å². The number of pyridine rings is 2. The van der Waals surface area contributed by atoms with Gasteiger partial charge in [-0.05, 0) is 42.0 Å². The monoisotopic (exact) mass is 368 g/mol. The predicted molar refractivity (Wildman–Crippen MR) is 94.0 cm³/mol. The molecule has 0 aliphatic heterocycles. The van der Waals surface area contributed by atoms with Crippen LogP contribution in [-0.2, 0) is 6.54 Å². The Balaban J connectivity index is 1.68. The quantitative estimate of drug-likeness (QED) is 0.725. The summed E-state index contributed by atoms with van der Waals surface area (Å²) >= 11 is 0. The second kappa shape index (κ2) is 8.13. The van der Waals surface area contributed by atoms with Gasteiger partial charge in [0, 0.05) is 36.8 Å². The van der Waals surface area contributed by atoms with Crippen molar-refractivity contribution in [2.24, 2.45) is 0 Å². The largest absolute Gasteiger partial charge is 0.347 e. The number of rotatable bonds is 5. The molecule has 0 atom stereocenters. The normalized spacial score (nSPS) is 10.3. The van der Waals surface area contributed by atoms with Gasteiger partial charge in [-0.3, -0.25) is 19.6 Å². The van der Waals surface area contributed by atoms with Gasteiger partial charge in [0.25, 0.3) is 11.8 Å². The van der Waals surface area contributed by atoms with Gasteiger partial charge in [0.1, 0.15) is 17.3 Å². The fourth-order valence-corrected chi connectivity index (χ4v) is 2.25. The number of anilines is 1. The van der Waals surface area contributed by atoms with Crippen molar-refractivity contribution < 1.29 is 18.4 Å². The number of nitrogens with one attached hydrogen (secondary N) is 2. The van der Waals surface area contributed by atoms with Gasteiger partial charge >= 0.3 is 0 Å². The Morgan fingerprint density at radius 1 is 0.926 bits per heavy atom. The SMILES string of the molecule is O=C(Nc1ccc(F)cc1F)c1ccnc(C(=O)NCc2ccncc2)c1. The molecule has 0 saturated carbocycles. The molecular weight excluding hydrogens is 354 g/mol. The van der Waals surface area contributed by atoms with Gasteiger partial charge < -0.3 is 10.6 Å². The Morgan fingerprint density at radius 3 is 2.44 bits per heavy atom. The summed E-state index contributed by atoms with van der Waals surface area (Å²) in [5.41, 5.74) is 0.847. The first-order chi connectivity index (χ1) is 13.0. The van der Waals surface area contributed by atoms with Crippen molar-refractivity contribution in [2.45, 2.75) is 6.54 Å². The van der Waals surface area contributed by atoms with E-state index in [0.717, 1.165) is 17.7 Å². The van der Waals surface area contributed by atoms with Crippen molar-refractivity contribution >= 4 is 17.5 Å². The summed E-state index contributed by atoms with van der Waals surface area (Å²) in [4.78, 5) is 32.3. The average molecular weight is 368 g/mol. The molecule has 8 heteroatoms. The third-order valence-corrected chi connectivity index (χ3v) is 3.64. The number of hydrogen-bond donors (Lipinski definition) is 2. The molecule has 3 rings (SSSR count). The number of carbonyl (C=O) groups excluding carboxylic acids is 2. The molecule has 136 valence electrons. The number of nitrogens with zero attached hydrogens (tertiary/aromatic N) is 2. The van der Waals surface area contributed by atoms with Crippen LogP contribution in [0, 0.1) is 11.6 Å². The summed E-state index contributed by atoms with van der Waals surface area (Å²) in [5, 5.41) is 5.01. The van der Waals surface area contributed by atoms with Gasteiger partial charge in [0.2, 0.25) is 0 Å². The van der Waals surface area contributed by atoms with Gasteiger partial charge in [-0.25, -0.2) is 8.78 Å². The number of carbonyl (C=O) groups is 2. The van der Waals surface area contributed by atoms with Gasteiger partial charge in [-0.1, -0.05) is 0 Å². The molecule has 2 N–H and O–H groups in total. The standard InChI is InChI=1S/C19H14F2N4O2/c20-14-1-2-16(15(21)10-14)25-18(26)13-5-8-23-17(9-13)19(27)24-11-12-3-6-22-7-4-12/h1-10H,11H2,(H,24,27)(H,25,26). The molecule has 0 spiro atoms. The summed E-state index contributed by atoms with van der Waals surface area (Å²) in [6.45, 7) is 0.278. The molecule has 27 heavy (non-hydrogen) atoms. The minimum atomic E-state index is -0.896. The summed E-state index contributed by atoms with van der Waals surface area (Å²) in [5.74, 6) is -2.75. The zero-order valence-electron chi connectivity index (χ0n) is 13.9. The van der Waals surface area contributed by atoms with E-state index in [1.165, 1.54) is 18.3 Å². The Morgan fingerprint density at radius 2 is 1.70 bits per heavy atom. The molecular formula is C19H14F2N4O2. The zero-order valence-corrected chi connectivity index (χ0v) is 13.9. The fraction of sp³-hybridized carbons (Fsp3) is 0.0526. The van der Waals surface area contributed by atoms with Crippen LogP contribution in [0.15, 0.2) is 61.1 Å². The summed E-state index contributed by atoms with van der Waals surface area (Å²) in [7, 11) is 0. The molecule has 2 heterocycles. The molecule has 1 aromatic carbocycles. The van der Waals surface area contributed by atoms with Gasteiger partial charge in [-0.2, -0.15) is 0 Å². The second-order valence-electron chi connectivity index (χ2n) is 5.55. The minimum absolute atomic E-state index is 0.0382. The number of amides is 2. The summed E-state index contributed by atoms with van der Waals surface area (Å²) < 4.78 is 26.6. The Hall–Kier alpha value is -3.68. The first kappa shape index (κ1) is 18.1. The lowest BCUT2D eigenvalue weighted by Crippen LogP contribution is -2.24. The molecule has 0 fully saturated rings. The lowest BCUT2D eigenvalue weighted by Gasteiger charge is -2.08. The van der Waals surface area contributed by atoms with Gasteiger partial charge in [-0.15, -0.1) is 0 Å². The molecule has 6 nitrogen and oxygen atoms in total. The summed E-state index contributed by atoms with van der Waals surface area (Å²) in [6, 6.07) is 9.01. The average Bonchev–Trinajstić information content (AvgIpc) is 2.69. The van der Waals surface area contributed by atoms with Crippen molar-refractivity contribution in [1.82, 2.24) is 15.3 Å². The Kier molecular flexibility index (Phi) is 5.46. The van der Waals surface area contributed by atoms with E-state index < -0.39 is 23.4 Å². The molecule has 0 unspecified atom stereocenters. The maximum Gasteiger partial charge on any atom is 0.270 e. The molecule has 3 aromatic rings. The van der Waals surface area contributed by atoms with Crippen LogP contribution in [0.1, 0.15) is 26.4 Å². The van der Waals surface area contributed by atoms with E-state index in [-0.39, 0.29) is 23.5 Å². The minimum Gasteiger partial charge on any atom is -0.347 e. The van der Waals surface area contributed by atoms with E-state index in [1.807, 2.05) is 0 Å². The molecule has 2 aromatic heterocycles. The third kappa shape index (κ3) is 4.69. The first-order valence-corrected chi connectivity index (χ1v) is 7.92. The van der Waals surface area contributed by atoms with Crippen LogP contribution in [-0.4, -0.2) is 21.8 Å². The van der Waals surface area contributed by atoms with Crippen LogP contribution < -0.4 is 10.6 Å². The topological polar surface area (TPSA) is 84.0 Å². The highest BCUT2D eigenvalue weighted by Crippen LogP contribution is 2.16. The van der Waals surface area contributed by atoms with E-state index in [2.05, 4.69) is 20.6 Å². The Bertz CT molecular complexity index is 980. The number of hydrogen-bond acceptors (Lipinski definition) is 4. The molecule has 0 saturated heterocycles. The first-order valence-electron chi connectivity index (χ1n) is 7.92. The van der Waals surface area contributed by atoms with Crippen LogP contribution in [0.4, 0.5) is 14.5 Å². The molecule has 0 bridgehead atoms. The van der Waals surface area contributed by atoms with Gasteiger partial charge in [0.05, 0.1) is 5.69 Å². The fourth-order valence-electron chi connectivity index (χ4n) is 2.25. The summed E-state index contributed by atoms with van der Waals surface area (Å²) in [6.07, 6.45) is 4.52. The van der Waals surface area contributed by atoms with E-state index in [9.17, 15) is 18.4 Å². The number of aromatic nitrogens is 2. The maximum absolute atomic E-state index is 13.7. The number of halogens is 2. The van der Waals surface area contributed by atoms with Crippen molar-refractivity contribution in [3.05, 3.63) is 89.5 Å². The maximum atomic E-state index is 13.7. The van der Waals surface area contributed by atoms with Crippen molar-refractivity contribution in [3.63, 3.8) is 0 Å². The Labute approximate surface area is 153 Å². The van der Waals surface area contributed by atoms with Crippen LogP contribution >= 0.6 is 0 Å². The van der Waals surface area contributed by atoms with E-state index in [0.29, 0.717) is 6.07 Å². The van der Waals surface area contributed by atoms with E-state index in [4.69, 9.17) is 0 Å². The lowest BCUT2D eigenvalue weighted by atomic mass is 10.2.